The summed E-state index contributed by atoms with van der Waals surface area (Å²) in [6, 6.07) is -0.0539. The van der Waals surface area contributed by atoms with Crippen LogP contribution in [0.1, 0.15) is 90.9 Å². The molecule has 0 bridgehead atoms. The van der Waals surface area contributed by atoms with Gasteiger partial charge < -0.3 is 24.8 Å². The Bertz CT molecular complexity index is 458. The van der Waals surface area contributed by atoms with Gasteiger partial charge in [0.25, 0.3) is 0 Å². The molecule has 0 aliphatic heterocycles. The zero-order valence-electron chi connectivity index (χ0n) is 20.6. The maximum Gasteiger partial charge on any atom is 0.314 e. The van der Waals surface area contributed by atoms with E-state index in [1.165, 1.54) is 0 Å². The maximum absolute atomic E-state index is 11.7. The highest BCUT2D eigenvalue weighted by molar-refractivity contribution is 5.73. The van der Waals surface area contributed by atoms with Crippen LogP contribution in [0.4, 0.5) is 4.79 Å². The molecule has 0 aliphatic carbocycles. The molecule has 188 valence electrons. The molecule has 0 atom stereocenters. The molecule has 0 rings (SSSR count). The predicted molar refractivity (Wildman–Crippen MR) is 130 cm³/mol. The molecule has 0 heterocycles. The summed E-state index contributed by atoms with van der Waals surface area (Å²) in [5, 5.41) is 5.78. The summed E-state index contributed by atoms with van der Waals surface area (Å²) < 4.78 is 15.8. The van der Waals surface area contributed by atoms with Crippen molar-refractivity contribution in [2.45, 2.75) is 90.9 Å². The minimum Gasteiger partial charge on any atom is -0.463 e. The smallest absolute Gasteiger partial charge is 0.314 e. The highest BCUT2D eigenvalue weighted by atomic mass is 16.6. The number of allylic oxidation sites excluding steroid dienone is 2. The van der Waals surface area contributed by atoms with Crippen LogP contribution in [0, 0.1) is 0 Å². The molecule has 0 aromatic carbocycles. The summed E-state index contributed by atoms with van der Waals surface area (Å²) >= 11 is 0. The number of urea groups is 1. The van der Waals surface area contributed by atoms with Crippen LogP contribution in [0.15, 0.2) is 12.2 Å². The number of amides is 2. The monoisotopic (exact) mass is 456 g/mol. The van der Waals surface area contributed by atoms with Gasteiger partial charge in [0, 0.05) is 26.1 Å². The Morgan fingerprint density at radius 2 is 1.25 bits per heavy atom. The highest BCUT2D eigenvalue weighted by Crippen LogP contribution is 2.06. The first-order valence-electron chi connectivity index (χ1n) is 12.7. The van der Waals surface area contributed by atoms with Gasteiger partial charge in [-0.25, -0.2) is 4.79 Å². The van der Waals surface area contributed by atoms with Gasteiger partial charge in [-0.3, -0.25) is 4.79 Å². The lowest BCUT2D eigenvalue weighted by atomic mass is 10.1. The standard InChI is InChI=1S/C25H48N2O5/c1-3-5-14-17-26-25(29)27-18-15-12-10-8-6-7-9-11-13-16-24(28)32-23-22-31-21-20-30-19-4-2/h6,8H,3-5,7,9-23H2,1-2H3,(H2,26,27,29)/b8-6+. The molecule has 32 heavy (non-hydrogen) atoms. The fourth-order valence-electron chi connectivity index (χ4n) is 2.93. The van der Waals surface area contributed by atoms with Gasteiger partial charge in [0.2, 0.25) is 0 Å². The zero-order chi connectivity index (χ0) is 23.5. The Morgan fingerprint density at radius 1 is 0.656 bits per heavy atom. The lowest BCUT2D eigenvalue weighted by Crippen LogP contribution is -2.36. The number of hydrogen-bond acceptors (Lipinski definition) is 5. The van der Waals surface area contributed by atoms with Gasteiger partial charge in [-0.2, -0.15) is 0 Å². The Balaban J connectivity index is 3.29. The first-order chi connectivity index (χ1) is 15.7. The fourth-order valence-corrected chi connectivity index (χ4v) is 2.93. The summed E-state index contributed by atoms with van der Waals surface area (Å²) in [4.78, 5) is 23.2. The van der Waals surface area contributed by atoms with E-state index in [1.807, 2.05) is 0 Å². The van der Waals surface area contributed by atoms with Crippen LogP contribution >= 0.6 is 0 Å². The van der Waals surface area contributed by atoms with Crippen molar-refractivity contribution in [3.8, 4) is 0 Å². The summed E-state index contributed by atoms with van der Waals surface area (Å²) in [6.07, 6.45) is 16.4. The highest BCUT2D eigenvalue weighted by Gasteiger charge is 2.02. The van der Waals surface area contributed by atoms with E-state index in [0.717, 1.165) is 90.3 Å². The third kappa shape index (κ3) is 24.7. The average molecular weight is 457 g/mol. The van der Waals surface area contributed by atoms with E-state index in [9.17, 15) is 9.59 Å². The van der Waals surface area contributed by atoms with Crippen molar-refractivity contribution in [1.29, 1.82) is 0 Å². The first kappa shape index (κ1) is 30.4. The number of hydrogen-bond donors (Lipinski definition) is 2. The van der Waals surface area contributed by atoms with Gasteiger partial charge in [0.15, 0.2) is 0 Å². The van der Waals surface area contributed by atoms with E-state index in [2.05, 4.69) is 36.6 Å². The van der Waals surface area contributed by atoms with Gasteiger partial charge >= 0.3 is 12.0 Å². The Morgan fingerprint density at radius 3 is 1.91 bits per heavy atom. The van der Waals surface area contributed by atoms with E-state index >= 15 is 0 Å². The summed E-state index contributed by atoms with van der Waals surface area (Å²) in [7, 11) is 0. The second-order valence-corrected chi connectivity index (χ2v) is 7.90. The van der Waals surface area contributed by atoms with Crippen LogP contribution in [0.2, 0.25) is 0 Å². The topological polar surface area (TPSA) is 85.9 Å². The third-order valence-electron chi connectivity index (χ3n) is 4.78. The van der Waals surface area contributed by atoms with E-state index in [-0.39, 0.29) is 12.0 Å². The lowest BCUT2D eigenvalue weighted by Gasteiger charge is -2.06. The first-order valence-corrected chi connectivity index (χ1v) is 12.7. The quantitative estimate of drug-likeness (QED) is 0.126. The second kappa shape index (κ2) is 25.7. The van der Waals surface area contributed by atoms with E-state index in [0.29, 0.717) is 32.8 Å². The molecular weight excluding hydrogens is 408 g/mol. The summed E-state index contributed by atoms with van der Waals surface area (Å²) in [6.45, 7) is 8.33. The molecule has 0 radical (unpaired) electrons. The number of rotatable bonds is 23. The molecule has 0 aromatic heterocycles. The van der Waals surface area contributed by atoms with E-state index < -0.39 is 0 Å². The third-order valence-corrected chi connectivity index (χ3v) is 4.78. The van der Waals surface area contributed by atoms with Gasteiger partial charge in [-0.15, -0.1) is 0 Å². The summed E-state index contributed by atoms with van der Waals surface area (Å²) in [5.41, 5.74) is 0. The molecule has 0 unspecified atom stereocenters. The van der Waals surface area contributed by atoms with Crippen molar-refractivity contribution in [3.63, 3.8) is 0 Å². The lowest BCUT2D eigenvalue weighted by molar-refractivity contribution is -0.145. The number of nitrogens with one attached hydrogen (secondary N) is 2. The molecular formula is C25H48N2O5. The molecule has 0 aliphatic rings. The van der Waals surface area contributed by atoms with Crippen LogP contribution in [-0.4, -0.2) is 58.1 Å². The van der Waals surface area contributed by atoms with Gasteiger partial charge in [-0.05, 0) is 51.4 Å². The Kier molecular flexibility index (Phi) is 24.4. The van der Waals surface area contributed by atoms with E-state index in [1.54, 1.807) is 0 Å². The molecule has 7 nitrogen and oxygen atoms in total. The Labute approximate surface area is 196 Å². The number of carbonyl (C=O) groups is 2. The van der Waals surface area contributed by atoms with Crippen molar-refractivity contribution >= 4 is 12.0 Å². The van der Waals surface area contributed by atoms with Crippen molar-refractivity contribution in [2.24, 2.45) is 0 Å². The van der Waals surface area contributed by atoms with Crippen molar-refractivity contribution in [2.75, 3.05) is 46.1 Å². The van der Waals surface area contributed by atoms with Crippen LogP contribution in [-0.2, 0) is 19.0 Å². The van der Waals surface area contributed by atoms with Crippen LogP contribution in [0.3, 0.4) is 0 Å². The molecule has 0 fully saturated rings. The van der Waals surface area contributed by atoms with Gasteiger partial charge in [0.1, 0.15) is 6.61 Å². The van der Waals surface area contributed by atoms with Crippen molar-refractivity contribution in [3.05, 3.63) is 12.2 Å². The molecule has 2 amide bonds. The minimum atomic E-state index is -0.144. The number of ether oxygens (including phenoxy) is 3. The van der Waals surface area contributed by atoms with E-state index in [4.69, 9.17) is 14.2 Å². The van der Waals surface area contributed by atoms with Crippen LogP contribution in [0.25, 0.3) is 0 Å². The molecule has 0 saturated heterocycles. The fraction of sp³-hybridized carbons (Fsp3) is 0.840. The molecule has 0 aromatic rings. The van der Waals surface area contributed by atoms with Crippen LogP contribution in [0.5, 0.6) is 0 Å². The number of carbonyl (C=O) groups excluding carboxylic acids is 2. The van der Waals surface area contributed by atoms with Gasteiger partial charge in [-0.1, -0.05) is 45.3 Å². The minimum absolute atomic E-state index is 0.0539. The number of esters is 1. The van der Waals surface area contributed by atoms with Crippen LogP contribution < -0.4 is 10.6 Å². The molecule has 2 N–H and O–H groups in total. The number of unbranched alkanes of at least 4 members (excludes halogenated alkanes) is 7. The van der Waals surface area contributed by atoms with Crippen molar-refractivity contribution < 1.29 is 23.8 Å². The largest absolute Gasteiger partial charge is 0.463 e. The normalized spacial score (nSPS) is 11.1. The maximum atomic E-state index is 11.7. The average Bonchev–Trinajstić information content (AvgIpc) is 2.79. The second-order valence-electron chi connectivity index (χ2n) is 7.90. The zero-order valence-corrected chi connectivity index (χ0v) is 20.6. The molecule has 0 saturated carbocycles. The molecule has 7 heteroatoms. The van der Waals surface area contributed by atoms with Gasteiger partial charge in [0.05, 0.1) is 19.8 Å². The SMILES string of the molecule is CCCCCNC(=O)NCCCC/C=C/CCCCCC(=O)OCCOCCOCCC. The predicted octanol–water partition coefficient (Wildman–Crippen LogP) is 5.14. The Hall–Kier alpha value is -1.60. The molecule has 0 spiro atoms. The van der Waals surface area contributed by atoms with Crippen molar-refractivity contribution in [1.82, 2.24) is 10.6 Å². The summed E-state index contributed by atoms with van der Waals surface area (Å²) in [5.74, 6) is -0.144.